The lowest BCUT2D eigenvalue weighted by Crippen LogP contribution is -2.38. The molecule has 108 valence electrons. The smallest absolute Gasteiger partial charge is 0.308 e. The summed E-state index contributed by atoms with van der Waals surface area (Å²) >= 11 is 0. The summed E-state index contributed by atoms with van der Waals surface area (Å²) in [6.45, 7) is 1.29. The third-order valence-electron chi connectivity index (χ3n) is 3.50. The van der Waals surface area contributed by atoms with Crippen LogP contribution in [0.5, 0.6) is 0 Å². The molecule has 20 heavy (non-hydrogen) atoms. The summed E-state index contributed by atoms with van der Waals surface area (Å²) < 4.78 is 0. The van der Waals surface area contributed by atoms with Crippen LogP contribution < -0.4 is 4.90 Å². The molecule has 1 saturated heterocycles. The minimum atomic E-state index is -0.756. The van der Waals surface area contributed by atoms with Crippen LogP contribution in [0.3, 0.4) is 0 Å². The molecule has 0 radical (unpaired) electrons. The average Bonchev–Trinajstić information content (AvgIpc) is 2.46. The molecule has 1 fully saturated rings. The van der Waals surface area contributed by atoms with E-state index in [1.54, 1.807) is 26.4 Å². The molecular formula is C14H19N3O3. The van der Waals surface area contributed by atoms with Gasteiger partial charge in [-0.25, -0.2) is 0 Å². The van der Waals surface area contributed by atoms with Gasteiger partial charge < -0.3 is 14.9 Å². The van der Waals surface area contributed by atoms with Crippen LogP contribution in [0.4, 0.5) is 5.69 Å². The number of aromatic nitrogens is 1. The Hall–Kier alpha value is -2.11. The molecule has 0 saturated carbocycles. The van der Waals surface area contributed by atoms with E-state index in [-0.39, 0.29) is 11.8 Å². The van der Waals surface area contributed by atoms with Crippen molar-refractivity contribution < 1.29 is 14.7 Å². The van der Waals surface area contributed by atoms with Crippen molar-refractivity contribution in [1.82, 2.24) is 9.88 Å². The highest BCUT2D eigenvalue weighted by Gasteiger charge is 2.26. The topological polar surface area (TPSA) is 73.7 Å². The molecule has 0 aliphatic carbocycles. The van der Waals surface area contributed by atoms with Crippen LogP contribution in [0.1, 0.15) is 23.3 Å². The number of carboxylic acids is 1. The van der Waals surface area contributed by atoms with E-state index in [2.05, 4.69) is 4.98 Å². The minimum absolute atomic E-state index is 0.154. The molecule has 1 unspecified atom stereocenters. The summed E-state index contributed by atoms with van der Waals surface area (Å²) in [5.74, 6) is -1.25. The zero-order chi connectivity index (χ0) is 14.7. The van der Waals surface area contributed by atoms with Crippen LogP contribution in [-0.4, -0.2) is 54.1 Å². The standard InChI is InChI=1S/C14H19N3O3/c1-16(2)13(18)12-8-11(5-6-15-12)17-7-3-4-10(9-17)14(19)20/h5-6,8,10H,3-4,7,9H2,1-2H3,(H,19,20). The first-order valence-corrected chi connectivity index (χ1v) is 6.64. The van der Waals surface area contributed by atoms with Crippen molar-refractivity contribution in [2.45, 2.75) is 12.8 Å². The molecule has 1 amide bonds. The second-order valence-electron chi connectivity index (χ2n) is 5.22. The van der Waals surface area contributed by atoms with Gasteiger partial charge in [0.15, 0.2) is 0 Å². The number of carbonyl (C=O) groups excluding carboxylic acids is 1. The Labute approximate surface area is 118 Å². The normalized spacial score (nSPS) is 18.7. The van der Waals surface area contributed by atoms with Gasteiger partial charge in [-0.15, -0.1) is 0 Å². The molecule has 1 aliphatic heterocycles. The van der Waals surface area contributed by atoms with Gasteiger partial charge >= 0.3 is 5.97 Å². The number of carbonyl (C=O) groups is 2. The zero-order valence-electron chi connectivity index (χ0n) is 11.7. The molecule has 0 bridgehead atoms. The second kappa shape index (κ2) is 5.90. The molecule has 1 atom stereocenters. The van der Waals surface area contributed by atoms with E-state index >= 15 is 0 Å². The number of aliphatic carboxylic acids is 1. The number of nitrogens with zero attached hydrogens (tertiary/aromatic N) is 3. The lowest BCUT2D eigenvalue weighted by Gasteiger charge is -2.32. The number of carboxylic acid groups (broad SMARTS) is 1. The van der Waals surface area contributed by atoms with Crippen LogP contribution in [-0.2, 0) is 4.79 Å². The first kappa shape index (κ1) is 14.3. The summed E-state index contributed by atoms with van der Waals surface area (Å²) in [7, 11) is 3.36. The number of rotatable bonds is 3. The fourth-order valence-corrected chi connectivity index (χ4v) is 2.38. The van der Waals surface area contributed by atoms with Crippen LogP contribution in [0.25, 0.3) is 0 Å². The SMILES string of the molecule is CN(C)C(=O)c1cc(N2CCCC(C(=O)O)C2)ccn1. The predicted octanol–water partition coefficient (Wildman–Crippen LogP) is 1.08. The number of anilines is 1. The fraction of sp³-hybridized carbons (Fsp3) is 0.500. The first-order valence-electron chi connectivity index (χ1n) is 6.64. The first-order chi connectivity index (χ1) is 9.49. The van der Waals surface area contributed by atoms with Gasteiger partial charge in [0.05, 0.1) is 5.92 Å². The molecule has 6 heteroatoms. The van der Waals surface area contributed by atoms with Gasteiger partial charge in [0.1, 0.15) is 5.69 Å². The Morgan fingerprint density at radius 3 is 2.85 bits per heavy atom. The monoisotopic (exact) mass is 277 g/mol. The van der Waals surface area contributed by atoms with E-state index in [1.165, 1.54) is 4.90 Å². The molecule has 0 spiro atoms. The number of hydrogen-bond donors (Lipinski definition) is 1. The van der Waals surface area contributed by atoms with Crippen LogP contribution in [0.15, 0.2) is 18.3 Å². The summed E-state index contributed by atoms with van der Waals surface area (Å²) in [4.78, 5) is 30.6. The van der Waals surface area contributed by atoms with Crippen molar-refractivity contribution in [2.75, 3.05) is 32.1 Å². The van der Waals surface area contributed by atoms with Crippen molar-refractivity contribution >= 4 is 17.6 Å². The molecular weight excluding hydrogens is 258 g/mol. The lowest BCUT2D eigenvalue weighted by molar-refractivity contribution is -0.141. The van der Waals surface area contributed by atoms with Crippen LogP contribution >= 0.6 is 0 Å². The van der Waals surface area contributed by atoms with Gasteiger partial charge in [0.2, 0.25) is 0 Å². The number of piperidine rings is 1. The third kappa shape index (κ3) is 3.07. The molecule has 1 aromatic rings. The van der Waals surface area contributed by atoms with Gasteiger partial charge in [-0.1, -0.05) is 0 Å². The summed E-state index contributed by atoms with van der Waals surface area (Å²) in [5.41, 5.74) is 1.24. The quantitative estimate of drug-likeness (QED) is 0.895. The predicted molar refractivity (Wildman–Crippen MR) is 74.8 cm³/mol. The van der Waals surface area contributed by atoms with Crippen molar-refractivity contribution in [3.8, 4) is 0 Å². The molecule has 1 N–H and O–H groups in total. The minimum Gasteiger partial charge on any atom is -0.481 e. The number of pyridine rings is 1. The van der Waals surface area contributed by atoms with Crippen LogP contribution in [0, 0.1) is 5.92 Å². The van der Waals surface area contributed by atoms with E-state index in [0.29, 0.717) is 18.7 Å². The molecule has 1 aromatic heterocycles. The van der Waals surface area contributed by atoms with Gasteiger partial charge in [-0.05, 0) is 25.0 Å². The highest BCUT2D eigenvalue weighted by atomic mass is 16.4. The van der Waals surface area contributed by atoms with Gasteiger partial charge in [0.25, 0.3) is 5.91 Å². The highest BCUT2D eigenvalue weighted by molar-refractivity contribution is 5.92. The van der Waals surface area contributed by atoms with Crippen LogP contribution in [0.2, 0.25) is 0 Å². The maximum absolute atomic E-state index is 11.9. The summed E-state index contributed by atoms with van der Waals surface area (Å²) in [6.07, 6.45) is 3.15. The van der Waals surface area contributed by atoms with E-state index in [1.807, 2.05) is 11.0 Å². The van der Waals surface area contributed by atoms with E-state index in [4.69, 9.17) is 5.11 Å². The molecule has 6 nitrogen and oxygen atoms in total. The lowest BCUT2D eigenvalue weighted by atomic mass is 9.98. The maximum atomic E-state index is 11.9. The highest BCUT2D eigenvalue weighted by Crippen LogP contribution is 2.23. The summed E-state index contributed by atoms with van der Waals surface area (Å²) in [5, 5.41) is 9.12. The van der Waals surface area contributed by atoms with E-state index in [0.717, 1.165) is 18.7 Å². The fourth-order valence-electron chi connectivity index (χ4n) is 2.38. The molecule has 0 aromatic carbocycles. The van der Waals surface area contributed by atoms with Crippen molar-refractivity contribution in [3.05, 3.63) is 24.0 Å². The Morgan fingerprint density at radius 1 is 1.45 bits per heavy atom. The molecule has 2 rings (SSSR count). The van der Waals surface area contributed by atoms with Gasteiger partial charge in [0, 0.05) is 39.1 Å². The van der Waals surface area contributed by atoms with E-state index in [9.17, 15) is 9.59 Å². The Bertz CT molecular complexity index is 516. The van der Waals surface area contributed by atoms with E-state index < -0.39 is 5.97 Å². The Kier molecular flexibility index (Phi) is 4.22. The number of hydrogen-bond acceptors (Lipinski definition) is 4. The average molecular weight is 277 g/mol. The third-order valence-corrected chi connectivity index (χ3v) is 3.50. The Balaban J connectivity index is 2.18. The second-order valence-corrected chi connectivity index (χ2v) is 5.22. The summed E-state index contributed by atoms with van der Waals surface area (Å²) in [6, 6.07) is 3.54. The van der Waals surface area contributed by atoms with Crippen molar-refractivity contribution in [2.24, 2.45) is 5.92 Å². The molecule has 1 aliphatic rings. The molecule has 2 heterocycles. The largest absolute Gasteiger partial charge is 0.481 e. The van der Waals surface area contributed by atoms with Gasteiger partial charge in [-0.3, -0.25) is 14.6 Å². The van der Waals surface area contributed by atoms with Crippen molar-refractivity contribution in [3.63, 3.8) is 0 Å². The Morgan fingerprint density at radius 2 is 2.20 bits per heavy atom. The van der Waals surface area contributed by atoms with Gasteiger partial charge in [-0.2, -0.15) is 0 Å². The number of amides is 1. The van der Waals surface area contributed by atoms with Crippen molar-refractivity contribution in [1.29, 1.82) is 0 Å². The maximum Gasteiger partial charge on any atom is 0.308 e. The zero-order valence-corrected chi connectivity index (χ0v) is 11.7.